The van der Waals surface area contributed by atoms with Crippen molar-refractivity contribution in [3.8, 4) is 0 Å². The highest BCUT2D eigenvalue weighted by Gasteiger charge is 1.93. The van der Waals surface area contributed by atoms with Crippen LogP contribution in [0, 0.1) is 13.5 Å². The lowest BCUT2D eigenvalue weighted by molar-refractivity contribution is 1.16. The molecule has 0 unspecified atom stereocenters. The van der Waals surface area contributed by atoms with E-state index in [1.165, 1.54) is 0 Å². The molecule has 0 saturated heterocycles. The van der Waals surface area contributed by atoms with E-state index in [1.54, 1.807) is 12.4 Å². The van der Waals surface area contributed by atoms with Crippen LogP contribution in [-0.4, -0.2) is 4.98 Å². The van der Waals surface area contributed by atoms with Crippen molar-refractivity contribution in [3.05, 3.63) is 41.0 Å². The second kappa shape index (κ2) is 2.98. The third kappa shape index (κ3) is 1.56. The molecule has 1 heterocycles. The summed E-state index contributed by atoms with van der Waals surface area (Å²) in [5.41, 5.74) is 2.11. The van der Waals surface area contributed by atoms with E-state index < -0.39 is 0 Å². The van der Waals surface area contributed by atoms with Gasteiger partial charge < -0.3 is 4.85 Å². The minimum absolute atomic E-state index is 0.439. The van der Waals surface area contributed by atoms with E-state index in [0.29, 0.717) is 6.54 Å². The van der Waals surface area contributed by atoms with E-state index in [0.717, 1.165) is 11.1 Å². The Morgan fingerprint density at radius 2 is 2.40 bits per heavy atom. The first-order valence-electron chi connectivity index (χ1n) is 3.06. The summed E-state index contributed by atoms with van der Waals surface area (Å²) in [6, 6.07) is 1.98. The predicted molar refractivity (Wildman–Crippen MR) is 39.3 cm³/mol. The Bertz CT molecular complexity index is 260. The number of hydrogen-bond donors (Lipinski definition) is 0. The van der Waals surface area contributed by atoms with Gasteiger partial charge >= 0.3 is 0 Å². The van der Waals surface area contributed by atoms with Gasteiger partial charge in [0.15, 0.2) is 0 Å². The van der Waals surface area contributed by atoms with Gasteiger partial charge in [0, 0.05) is 18.0 Å². The zero-order chi connectivity index (χ0) is 7.40. The number of hydrogen-bond acceptors (Lipinski definition) is 1. The summed E-state index contributed by atoms with van der Waals surface area (Å²) in [5, 5.41) is 0. The zero-order valence-electron chi connectivity index (χ0n) is 5.83. The lowest BCUT2D eigenvalue weighted by atomic mass is 10.2. The lowest BCUT2D eigenvalue weighted by Gasteiger charge is -1.91. The van der Waals surface area contributed by atoms with Gasteiger partial charge in [0.25, 0.3) is 0 Å². The fourth-order valence-corrected chi connectivity index (χ4v) is 0.795. The average molecular weight is 132 g/mol. The van der Waals surface area contributed by atoms with Gasteiger partial charge in [-0.2, -0.15) is 0 Å². The van der Waals surface area contributed by atoms with Gasteiger partial charge in [0.05, 0.1) is 0 Å². The summed E-state index contributed by atoms with van der Waals surface area (Å²) in [4.78, 5) is 7.22. The Morgan fingerprint density at radius 3 is 3.00 bits per heavy atom. The van der Waals surface area contributed by atoms with Crippen LogP contribution in [0.15, 0.2) is 18.5 Å². The maximum atomic E-state index is 6.61. The van der Waals surface area contributed by atoms with Crippen LogP contribution in [0.3, 0.4) is 0 Å². The van der Waals surface area contributed by atoms with Crippen LogP contribution in [0.1, 0.15) is 11.1 Å². The van der Waals surface area contributed by atoms with Crippen molar-refractivity contribution in [1.29, 1.82) is 0 Å². The molecule has 0 aromatic carbocycles. The quantitative estimate of drug-likeness (QED) is 0.532. The molecule has 1 aromatic rings. The van der Waals surface area contributed by atoms with Crippen molar-refractivity contribution in [1.82, 2.24) is 4.98 Å². The van der Waals surface area contributed by atoms with Crippen LogP contribution < -0.4 is 0 Å². The molecule has 0 amide bonds. The number of pyridine rings is 1. The van der Waals surface area contributed by atoms with Crippen molar-refractivity contribution in [2.24, 2.45) is 0 Å². The molecule has 0 aliphatic carbocycles. The molecule has 2 heteroatoms. The van der Waals surface area contributed by atoms with E-state index in [4.69, 9.17) is 6.57 Å². The van der Waals surface area contributed by atoms with Crippen LogP contribution in [0.5, 0.6) is 0 Å². The Kier molecular flexibility index (Phi) is 2.01. The Balaban J connectivity index is 2.87. The average Bonchev–Trinajstić information content (AvgIpc) is 1.88. The zero-order valence-corrected chi connectivity index (χ0v) is 5.83. The van der Waals surface area contributed by atoms with Crippen LogP contribution >= 0.6 is 0 Å². The van der Waals surface area contributed by atoms with Gasteiger partial charge in [-0.3, -0.25) is 4.98 Å². The van der Waals surface area contributed by atoms with E-state index in [-0.39, 0.29) is 0 Å². The third-order valence-electron chi connectivity index (χ3n) is 1.19. The van der Waals surface area contributed by atoms with Gasteiger partial charge in [-0.25, -0.2) is 6.57 Å². The Labute approximate surface area is 60.3 Å². The fraction of sp³-hybridized carbons (Fsp3) is 0.250. The van der Waals surface area contributed by atoms with Crippen molar-refractivity contribution in [3.63, 3.8) is 0 Å². The molecule has 0 aliphatic heterocycles. The standard InChI is InChI=1S/C8H8N2/c1-7-3-8(5-9-2)6-10-4-7/h3-4,6H,5H2,1H3. The minimum atomic E-state index is 0.439. The van der Waals surface area contributed by atoms with Crippen molar-refractivity contribution in [2.45, 2.75) is 13.5 Å². The molecular weight excluding hydrogens is 124 g/mol. The molecule has 0 N–H and O–H groups in total. The van der Waals surface area contributed by atoms with Crippen LogP contribution in [0.25, 0.3) is 4.85 Å². The summed E-state index contributed by atoms with van der Waals surface area (Å²) in [5.74, 6) is 0. The molecule has 2 nitrogen and oxygen atoms in total. The summed E-state index contributed by atoms with van der Waals surface area (Å²) in [6.45, 7) is 9.02. The van der Waals surface area contributed by atoms with Gasteiger partial charge in [0.2, 0.25) is 6.54 Å². The molecule has 0 atom stereocenters. The van der Waals surface area contributed by atoms with Gasteiger partial charge in [-0.1, -0.05) is 0 Å². The largest absolute Gasteiger partial charge is 0.312 e. The molecule has 0 aliphatic rings. The first kappa shape index (κ1) is 6.76. The summed E-state index contributed by atoms with van der Waals surface area (Å²) in [7, 11) is 0. The van der Waals surface area contributed by atoms with Crippen molar-refractivity contribution in [2.75, 3.05) is 0 Å². The van der Waals surface area contributed by atoms with Crippen molar-refractivity contribution < 1.29 is 0 Å². The smallest absolute Gasteiger partial charge is 0.241 e. The number of aryl methyl sites for hydroxylation is 1. The molecule has 1 rings (SSSR count). The minimum Gasteiger partial charge on any atom is -0.312 e. The van der Waals surface area contributed by atoms with Crippen LogP contribution in [0.2, 0.25) is 0 Å². The lowest BCUT2D eigenvalue weighted by Crippen LogP contribution is -1.82. The first-order chi connectivity index (χ1) is 4.83. The molecule has 0 spiro atoms. The Hall–Kier alpha value is -1.36. The molecule has 0 bridgehead atoms. The summed E-state index contributed by atoms with van der Waals surface area (Å²) < 4.78 is 0. The number of rotatable bonds is 1. The maximum absolute atomic E-state index is 6.61. The third-order valence-corrected chi connectivity index (χ3v) is 1.19. The molecular formula is C8H8N2. The maximum Gasteiger partial charge on any atom is 0.241 e. The molecule has 10 heavy (non-hydrogen) atoms. The SMILES string of the molecule is [C-]#[N+]Cc1cncc(C)c1. The van der Waals surface area contributed by atoms with Gasteiger partial charge in [-0.05, 0) is 18.6 Å². The monoisotopic (exact) mass is 132 g/mol. The molecule has 0 radical (unpaired) electrons. The number of aromatic nitrogens is 1. The van der Waals surface area contributed by atoms with Crippen molar-refractivity contribution >= 4 is 0 Å². The van der Waals surface area contributed by atoms with E-state index in [1.807, 2.05) is 13.0 Å². The molecule has 0 saturated carbocycles. The first-order valence-corrected chi connectivity index (χ1v) is 3.06. The van der Waals surface area contributed by atoms with Crippen LogP contribution in [-0.2, 0) is 6.54 Å². The van der Waals surface area contributed by atoms with Gasteiger partial charge in [0.1, 0.15) is 0 Å². The molecule has 0 fully saturated rings. The summed E-state index contributed by atoms with van der Waals surface area (Å²) >= 11 is 0. The second-order valence-corrected chi connectivity index (χ2v) is 2.19. The fourth-order valence-electron chi connectivity index (χ4n) is 0.795. The highest BCUT2D eigenvalue weighted by Crippen LogP contribution is 2.01. The number of nitrogens with zero attached hydrogens (tertiary/aromatic N) is 2. The Morgan fingerprint density at radius 1 is 1.60 bits per heavy atom. The molecule has 1 aromatic heterocycles. The van der Waals surface area contributed by atoms with Crippen LogP contribution in [0.4, 0.5) is 0 Å². The van der Waals surface area contributed by atoms with E-state index in [9.17, 15) is 0 Å². The second-order valence-electron chi connectivity index (χ2n) is 2.19. The topological polar surface area (TPSA) is 17.2 Å². The normalized spacial score (nSPS) is 8.80. The highest BCUT2D eigenvalue weighted by molar-refractivity contribution is 5.17. The van der Waals surface area contributed by atoms with E-state index in [2.05, 4.69) is 9.83 Å². The summed E-state index contributed by atoms with van der Waals surface area (Å²) in [6.07, 6.45) is 3.51. The van der Waals surface area contributed by atoms with E-state index >= 15 is 0 Å². The van der Waals surface area contributed by atoms with Gasteiger partial charge in [-0.15, -0.1) is 0 Å². The highest BCUT2D eigenvalue weighted by atomic mass is 14.7. The predicted octanol–water partition coefficient (Wildman–Crippen LogP) is 1.81. The molecule has 50 valence electrons.